The van der Waals surface area contributed by atoms with Crippen LogP contribution in [0.5, 0.6) is 5.88 Å². The number of piperidine rings is 1. The molecule has 1 spiro atoms. The number of anilines is 1. The van der Waals surface area contributed by atoms with Crippen LogP contribution in [0.15, 0.2) is 83.8 Å². The Balaban J connectivity index is 1.14. The molecule has 3 aromatic carbocycles. The lowest BCUT2D eigenvalue weighted by molar-refractivity contribution is -0.152. The summed E-state index contributed by atoms with van der Waals surface area (Å²) in [6.45, 7) is 7.84. The number of amides is 2. The van der Waals surface area contributed by atoms with Gasteiger partial charge in [-0.2, -0.15) is 4.98 Å². The second-order valence-electron chi connectivity index (χ2n) is 13.7. The summed E-state index contributed by atoms with van der Waals surface area (Å²) in [6.07, 6.45) is 0.581. The van der Waals surface area contributed by atoms with Gasteiger partial charge in [0, 0.05) is 61.9 Å². The molecule has 4 heterocycles. The van der Waals surface area contributed by atoms with Gasteiger partial charge in [0.25, 0.3) is 21.8 Å². The first-order valence-electron chi connectivity index (χ1n) is 17.2. The number of nitrogens with zero attached hydrogens (tertiary/aromatic N) is 4. The molecular weight excluding hydrogens is 669 g/mol. The topological polar surface area (TPSA) is 143 Å². The Bertz CT molecular complexity index is 2010. The van der Waals surface area contributed by atoms with Crippen LogP contribution in [0.2, 0.25) is 0 Å². The highest BCUT2D eigenvalue weighted by Crippen LogP contribution is 2.35. The van der Waals surface area contributed by atoms with Crippen LogP contribution in [0.4, 0.5) is 5.95 Å². The minimum Gasteiger partial charge on any atom is -0.477 e. The van der Waals surface area contributed by atoms with E-state index in [1.54, 1.807) is 12.1 Å². The van der Waals surface area contributed by atoms with E-state index in [2.05, 4.69) is 37.0 Å². The quantitative estimate of drug-likeness (QED) is 0.319. The normalized spacial score (nSPS) is 20.4. The number of benzene rings is 3. The predicted molar refractivity (Wildman–Crippen MR) is 192 cm³/mol. The van der Waals surface area contributed by atoms with Gasteiger partial charge in [-0.1, -0.05) is 54.6 Å². The molecule has 0 radical (unpaired) electrons. The highest BCUT2D eigenvalue weighted by molar-refractivity contribution is 7.92. The zero-order valence-corrected chi connectivity index (χ0v) is 29.6. The van der Waals surface area contributed by atoms with Crippen LogP contribution in [-0.2, 0) is 26.1 Å². The fourth-order valence-corrected chi connectivity index (χ4v) is 8.08. The number of aryl methyl sites for hydroxylation is 2. The molecule has 4 aromatic rings. The van der Waals surface area contributed by atoms with E-state index in [0.717, 1.165) is 29.8 Å². The molecule has 12 nitrogen and oxygen atoms in total. The second kappa shape index (κ2) is 14.4. The summed E-state index contributed by atoms with van der Waals surface area (Å²) >= 11 is 0. The van der Waals surface area contributed by atoms with Crippen molar-refractivity contribution in [2.75, 3.05) is 50.7 Å². The van der Waals surface area contributed by atoms with Gasteiger partial charge >= 0.3 is 0 Å². The van der Waals surface area contributed by atoms with Gasteiger partial charge < -0.3 is 19.7 Å². The number of ether oxygens (including phenoxy) is 2. The molecule has 0 aliphatic carbocycles. The van der Waals surface area contributed by atoms with Crippen molar-refractivity contribution in [3.63, 3.8) is 0 Å². The standard InChI is InChI=1S/C38H42N6O6S/c1-26-8-6-9-27(2)34(26)31-21-33-41-37(40-31)42-51(47,48)30-13-7-12-29(20-30)35(45)39-24-38(25-50-33)14-16-44(17-15-38)36(46)32-23-43(18-19-49-32)22-28-10-4-3-5-11-28/h3-13,20-21,32H,14-19,22-25H2,1-2H3,(H,39,45)(H,40,41,42). The van der Waals surface area contributed by atoms with E-state index in [0.29, 0.717) is 44.8 Å². The Morgan fingerprint density at radius 3 is 2.45 bits per heavy atom. The third-order valence-corrected chi connectivity index (χ3v) is 11.4. The van der Waals surface area contributed by atoms with Gasteiger partial charge in [0.1, 0.15) is 6.10 Å². The minimum atomic E-state index is -4.14. The van der Waals surface area contributed by atoms with Crippen LogP contribution < -0.4 is 14.8 Å². The zero-order chi connectivity index (χ0) is 35.6. The number of fused-ring (bicyclic) bond motifs is 4. The molecule has 7 rings (SSSR count). The van der Waals surface area contributed by atoms with Crippen molar-refractivity contribution in [3.05, 3.63) is 101 Å². The maximum Gasteiger partial charge on any atom is 0.264 e. The Labute approximate surface area is 298 Å². The summed E-state index contributed by atoms with van der Waals surface area (Å²) in [4.78, 5) is 40.2. The number of carbonyl (C=O) groups is 2. The first kappa shape index (κ1) is 34.6. The molecule has 2 amide bonds. The molecule has 2 fully saturated rings. The van der Waals surface area contributed by atoms with E-state index >= 15 is 0 Å². The van der Waals surface area contributed by atoms with Crippen molar-refractivity contribution >= 4 is 27.8 Å². The lowest BCUT2D eigenvalue weighted by atomic mass is 9.78. The molecule has 2 N–H and O–H groups in total. The number of likely N-dealkylation sites (tertiary alicyclic amines) is 1. The van der Waals surface area contributed by atoms with Crippen LogP contribution in [0.3, 0.4) is 0 Å². The Hall–Kier alpha value is -4.85. The molecule has 13 heteroatoms. The molecule has 1 atom stereocenters. The largest absolute Gasteiger partial charge is 0.477 e. The van der Waals surface area contributed by atoms with Crippen molar-refractivity contribution < 1.29 is 27.5 Å². The number of rotatable bonds is 4. The summed E-state index contributed by atoms with van der Waals surface area (Å²) in [7, 11) is -4.14. The van der Waals surface area contributed by atoms with Crippen molar-refractivity contribution in [2.45, 2.75) is 44.2 Å². The smallest absolute Gasteiger partial charge is 0.264 e. The number of carbonyl (C=O) groups excluding carboxylic acids is 2. The molecule has 1 aromatic heterocycles. The van der Waals surface area contributed by atoms with Crippen molar-refractivity contribution in [1.29, 1.82) is 0 Å². The predicted octanol–water partition coefficient (Wildman–Crippen LogP) is 4.19. The van der Waals surface area contributed by atoms with E-state index < -0.39 is 27.4 Å². The molecule has 2 saturated heterocycles. The fourth-order valence-electron chi connectivity index (χ4n) is 7.09. The van der Waals surface area contributed by atoms with Crippen molar-refractivity contribution in [1.82, 2.24) is 25.1 Å². The van der Waals surface area contributed by atoms with E-state index in [1.807, 2.05) is 55.1 Å². The van der Waals surface area contributed by atoms with Gasteiger partial charge in [0.2, 0.25) is 11.8 Å². The second-order valence-corrected chi connectivity index (χ2v) is 15.4. The molecular formula is C38H42N6O6S. The van der Waals surface area contributed by atoms with Crippen molar-refractivity contribution in [2.24, 2.45) is 5.41 Å². The van der Waals surface area contributed by atoms with E-state index in [9.17, 15) is 18.0 Å². The monoisotopic (exact) mass is 710 g/mol. The van der Waals surface area contributed by atoms with Gasteiger partial charge in [0.15, 0.2) is 0 Å². The first-order chi connectivity index (χ1) is 24.6. The van der Waals surface area contributed by atoms with Crippen LogP contribution >= 0.6 is 0 Å². The van der Waals surface area contributed by atoms with Gasteiger partial charge in [-0.05, 0) is 61.6 Å². The molecule has 1 unspecified atom stereocenters. The number of morpholine rings is 1. The van der Waals surface area contributed by atoms with Gasteiger partial charge in [-0.3, -0.25) is 14.5 Å². The zero-order valence-electron chi connectivity index (χ0n) is 28.8. The van der Waals surface area contributed by atoms with Crippen LogP contribution in [0, 0.1) is 19.3 Å². The lowest BCUT2D eigenvalue weighted by Crippen LogP contribution is -2.55. The number of sulfonamides is 1. The summed E-state index contributed by atoms with van der Waals surface area (Å²) in [5.74, 6) is -0.371. The highest BCUT2D eigenvalue weighted by Gasteiger charge is 2.40. The number of nitrogens with one attached hydrogen (secondary N) is 2. The summed E-state index contributed by atoms with van der Waals surface area (Å²) in [5.41, 5.74) is 4.18. The van der Waals surface area contributed by atoms with Crippen molar-refractivity contribution in [3.8, 4) is 17.1 Å². The third kappa shape index (κ3) is 7.75. The lowest BCUT2D eigenvalue weighted by Gasteiger charge is -2.43. The number of hydrogen-bond acceptors (Lipinski definition) is 9. The van der Waals surface area contributed by atoms with Crippen LogP contribution in [-0.4, -0.2) is 92.0 Å². The van der Waals surface area contributed by atoms with E-state index in [1.165, 1.54) is 23.8 Å². The summed E-state index contributed by atoms with van der Waals surface area (Å²) < 4.78 is 41.8. The van der Waals surface area contributed by atoms with E-state index in [4.69, 9.17) is 9.47 Å². The molecule has 3 aliphatic rings. The fraction of sp³-hybridized carbons (Fsp3) is 0.368. The van der Waals surface area contributed by atoms with Gasteiger partial charge in [0.05, 0.1) is 23.8 Å². The summed E-state index contributed by atoms with van der Waals surface area (Å²) in [6, 6.07) is 23.7. The molecule has 4 bridgehead atoms. The Kier molecular flexibility index (Phi) is 9.77. The highest BCUT2D eigenvalue weighted by atomic mass is 32.2. The van der Waals surface area contributed by atoms with Gasteiger partial charge in [-0.15, -0.1) is 0 Å². The summed E-state index contributed by atoms with van der Waals surface area (Å²) in [5, 5.41) is 3.03. The average Bonchev–Trinajstić information content (AvgIpc) is 3.13. The maximum absolute atomic E-state index is 13.7. The number of aromatic nitrogens is 2. The SMILES string of the molecule is Cc1cccc(C)c1-c1cc2nc(n1)NS(=O)(=O)c1cccc(c1)C(=O)NCC1(CCN(C(=O)C3CN(Cc4ccccc4)CCO3)CC1)CO2. The Morgan fingerprint density at radius 2 is 1.69 bits per heavy atom. The third-order valence-electron chi connectivity index (χ3n) is 10.0. The van der Waals surface area contributed by atoms with E-state index in [-0.39, 0.29) is 41.3 Å². The molecule has 51 heavy (non-hydrogen) atoms. The average molecular weight is 711 g/mol. The maximum atomic E-state index is 13.7. The van der Waals surface area contributed by atoms with Crippen LogP contribution in [0.1, 0.15) is 39.9 Å². The number of hydrogen-bond donors (Lipinski definition) is 2. The molecule has 3 aliphatic heterocycles. The molecule has 266 valence electrons. The minimum absolute atomic E-state index is 0.0313. The van der Waals surface area contributed by atoms with Gasteiger partial charge in [-0.25, -0.2) is 18.1 Å². The molecule has 0 saturated carbocycles. The van der Waals surface area contributed by atoms with Crippen LogP contribution in [0.25, 0.3) is 11.3 Å². The first-order valence-corrected chi connectivity index (χ1v) is 18.7. The Morgan fingerprint density at radius 1 is 0.941 bits per heavy atom.